The lowest BCUT2D eigenvalue weighted by molar-refractivity contribution is -0.129. The van der Waals surface area contributed by atoms with E-state index in [1.165, 1.54) is 0 Å². The molecule has 4 nitrogen and oxygen atoms in total. The minimum Gasteiger partial charge on any atom is -0.392 e. The summed E-state index contributed by atoms with van der Waals surface area (Å²) < 4.78 is 0. The van der Waals surface area contributed by atoms with E-state index in [1.54, 1.807) is 13.8 Å². The fourth-order valence-corrected chi connectivity index (χ4v) is 2.14. The molecule has 0 fully saturated rings. The maximum atomic E-state index is 11.8. The molecule has 1 unspecified atom stereocenters. The van der Waals surface area contributed by atoms with Crippen LogP contribution in [0.5, 0.6) is 0 Å². The predicted octanol–water partition coefficient (Wildman–Crippen LogP) is 1.80. The number of rotatable bonds is 8. The van der Waals surface area contributed by atoms with Crippen LogP contribution in [0, 0.1) is 12.8 Å². The quantitative estimate of drug-likeness (QED) is 0.761. The molecule has 0 amide bonds. The Morgan fingerprint density at radius 2 is 2.00 bits per heavy atom. The number of benzene rings is 1. The van der Waals surface area contributed by atoms with Gasteiger partial charge in [-0.2, -0.15) is 0 Å². The summed E-state index contributed by atoms with van der Waals surface area (Å²) in [5, 5.41) is 19.4. The van der Waals surface area contributed by atoms with Crippen LogP contribution in [-0.2, 0) is 11.4 Å². The number of hydrogen-bond acceptors (Lipinski definition) is 4. The van der Waals surface area contributed by atoms with Gasteiger partial charge in [0.15, 0.2) is 5.78 Å². The first-order chi connectivity index (χ1) is 9.51. The molecule has 0 spiro atoms. The van der Waals surface area contributed by atoms with Gasteiger partial charge in [-0.25, -0.2) is 0 Å². The maximum absolute atomic E-state index is 11.8. The number of carbonyl (C=O) groups excluding carboxylic acids is 1. The Balaban J connectivity index is 2.91. The van der Waals surface area contributed by atoms with Crippen LogP contribution in [0.4, 0.5) is 5.69 Å². The normalized spacial score (nSPS) is 12.5. The molecule has 0 aliphatic heterocycles. The van der Waals surface area contributed by atoms with Crippen molar-refractivity contribution >= 4 is 11.5 Å². The van der Waals surface area contributed by atoms with E-state index in [9.17, 15) is 15.0 Å². The van der Waals surface area contributed by atoms with E-state index in [1.807, 2.05) is 29.2 Å². The first-order valence-electron chi connectivity index (χ1n) is 6.96. The van der Waals surface area contributed by atoms with Gasteiger partial charge in [-0.15, -0.1) is 0 Å². The fourth-order valence-electron chi connectivity index (χ4n) is 2.14. The van der Waals surface area contributed by atoms with Crippen LogP contribution < -0.4 is 4.90 Å². The van der Waals surface area contributed by atoms with Gasteiger partial charge in [0, 0.05) is 23.7 Å². The third kappa shape index (κ3) is 4.32. The number of aliphatic hydroxyl groups is 2. The molecule has 1 rings (SSSR count). The molecule has 0 bridgehead atoms. The van der Waals surface area contributed by atoms with Gasteiger partial charge in [0.1, 0.15) is 6.10 Å². The number of Topliss-reactive ketones (excluding diaryl/α,β-unsaturated/α-hetero) is 1. The molecule has 0 aliphatic rings. The number of aliphatic hydroxyl groups excluding tert-OH is 2. The molecule has 2 N–H and O–H groups in total. The zero-order valence-corrected chi connectivity index (χ0v) is 12.2. The van der Waals surface area contributed by atoms with Crippen molar-refractivity contribution in [2.45, 2.75) is 33.0 Å². The van der Waals surface area contributed by atoms with Crippen molar-refractivity contribution in [3.8, 4) is 0 Å². The van der Waals surface area contributed by atoms with Gasteiger partial charge in [-0.3, -0.25) is 4.79 Å². The SMILES string of the molecule is [CH2]CCN(CC(O)C(=O)C(C)C)c1ccccc1CO. The van der Waals surface area contributed by atoms with Crippen molar-refractivity contribution in [1.29, 1.82) is 0 Å². The van der Waals surface area contributed by atoms with Crippen LogP contribution in [0.25, 0.3) is 0 Å². The predicted molar refractivity (Wildman–Crippen MR) is 80.4 cm³/mol. The summed E-state index contributed by atoms with van der Waals surface area (Å²) in [6.45, 7) is 8.16. The van der Waals surface area contributed by atoms with Crippen molar-refractivity contribution < 1.29 is 15.0 Å². The van der Waals surface area contributed by atoms with E-state index in [2.05, 4.69) is 6.92 Å². The number of anilines is 1. The lowest BCUT2D eigenvalue weighted by Crippen LogP contribution is -2.39. The van der Waals surface area contributed by atoms with Gasteiger partial charge in [0.25, 0.3) is 0 Å². The van der Waals surface area contributed by atoms with E-state index in [4.69, 9.17) is 0 Å². The molecule has 1 radical (unpaired) electrons. The molecule has 0 saturated heterocycles. The third-order valence-corrected chi connectivity index (χ3v) is 3.22. The molecule has 20 heavy (non-hydrogen) atoms. The van der Waals surface area contributed by atoms with Crippen LogP contribution >= 0.6 is 0 Å². The minimum absolute atomic E-state index is 0.0714. The second-order valence-corrected chi connectivity index (χ2v) is 5.16. The van der Waals surface area contributed by atoms with Crippen LogP contribution in [0.15, 0.2) is 24.3 Å². The Bertz CT molecular complexity index is 431. The van der Waals surface area contributed by atoms with E-state index in [0.717, 1.165) is 11.3 Å². The second-order valence-electron chi connectivity index (χ2n) is 5.16. The summed E-state index contributed by atoms with van der Waals surface area (Å²) in [6, 6.07) is 7.45. The van der Waals surface area contributed by atoms with Crippen LogP contribution in [0.2, 0.25) is 0 Å². The Morgan fingerprint density at radius 3 is 2.55 bits per heavy atom. The van der Waals surface area contributed by atoms with Gasteiger partial charge < -0.3 is 15.1 Å². The van der Waals surface area contributed by atoms with Gasteiger partial charge in [0.2, 0.25) is 0 Å². The molecule has 1 aromatic carbocycles. The Hall–Kier alpha value is -1.39. The summed E-state index contributed by atoms with van der Waals surface area (Å²) in [6.07, 6.45) is -0.365. The smallest absolute Gasteiger partial charge is 0.165 e. The molecular weight excluding hydrogens is 254 g/mol. The molecule has 0 aromatic heterocycles. The topological polar surface area (TPSA) is 60.8 Å². The maximum Gasteiger partial charge on any atom is 0.165 e. The Kier molecular flexibility index (Phi) is 6.68. The Morgan fingerprint density at radius 1 is 1.35 bits per heavy atom. The standard InChI is InChI=1S/C16H24NO3/c1-4-9-17(10-15(19)16(20)12(2)3)14-8-6-5-7-13(14)11-18/h5-8,12,15,18-19H,1,4,9-11H2,2-3H3. The lowest BCUT2D eigenvalue weighted by atomic mass is 10.0. The minimum atomic E-state index is -1.02. The van der Waals surface area contributed by atoms with E-state index in [-0.39, 0.29) is 24.9 Å². The van der Waals surface area contributed by atoms with Crippen LogP contribution in [0.3, 0.4) is 0 Å². The van der Waals surface area contributed by atoms with E-state index < -0.39 is 6.10 Å². The van der Waals surface area contributed by atoms with E-state index in [0.29, 0.717) is 13.0 Å². The van der Waals surface area contributed by atoms with Crippen molar-refractivity contribution in [1.82, 2.24) is 0 Å². The van der Waals surface area contributed by atoms with Crippen molar-refractivity contribution in [2.24, 2.45) is 5.92 Å². The van der Waals surface area contributed by atoms with Crippen molar-refractivity contribution in [3.63, 3.8) is 0 Å². The third-order valence-electron chi connectivity index (χ3n) is 3.22. The van der Waals surface area contributed by atoms with Crippen LogP contribution in [0.1, 0.15) is 25.8 Å². The first kappa shape index (κ1) is 16.7. The zero-order valence-electron chi connectivity index (χ0n) is 12.2. The molecule has 0 heterocycles. The molecule has 111 valence electrons. The highest BCUT2D eigenvalue weighted by atomic mass is 16.3. The molecule has 1 aromatic rings. The van der Waals surface area contributed by atoms with Gasteiger partial charge >= 0.3 is 0 Å². The average molecular weight is 278 g/mol. The van der Waals surface area contributed by atoms with E-state index >= 15 is 0 Å². The highest BCUT2D eigenvalue weighted by Crippen LogP contribution is 2.21. The second kappa shape index (κ2) is 8.02. The number of ketones is 1. The summed E-state index contributed by atoms with van der Waals surface area (Å²) in [4.78, 5) is 13.7. The first-order valence-corrected chi connectivity index (χ1v) is 6.96. The number of hydrogen-bond donors (Lipinski definition) is 2. The largest absolute Gasteiger partial charge is 0.392 e. The molecule has 1 atom stereocenters. The van der Waals surface area contributed by atoms with Crippen LogP contribution in [-0.4, -0.2) is 35.2 Å². The summed E-state index contributed by atoms with van der Waals surface area (Å²) in [5.74, 6) is -0.361. The highest BCUT2D eigenvalue weighted by Gasteiger charge is 2.22. The Labute approximate surface area is 121 Å². The molecule has 0 aliphatic carbocycles. The van der Waals surface area contributed by atoms with Gasteiger partial charge in [-0.05, 0) is 12.5 Å². The summed E-state index contributed by atoms with van der Waals surface area (Å²) in [5.41, 5.74) is 1.62. The fraction of sp³-hybridized carbons (Fsp3) is 0.500. The summed E-state index contributed by atoms with van der Waals surface area (Å²) in [7, 11) is 0. The average Bonchev–Trinajstić information content (AvgIpc) is 2.45. The molecule has 4 heteroatoms. The monoisotopic (exact) mass is 278 g/mol. The number of para-hydroxylation sites is 1. The number of carbonyl (C=O) groups is 1. The number of nitrogens with zero attached hydrogens (tertiary/aromatic N) is 1. The highest BCUT2D eigenvalue weighted by molar-refractivity contribution is 5.85. The molecular formula is C16H24NO3. The zero-order chi connectivity index (χ0) is 15.1. The lowest BCUT2D eigenvalue weighted by Gasteiger charge is -2.28. The summed E-state index contributed by atoms with van der Waals surface area (Å²) >= 11 is 0. The van der Waals surface area contributed by atoms with Crippen molar-refractivity contribution in [3.05, 3.63) is 36.8 Å². The van der Waals surface area contributed by atoms with Crippen molar-refractivity contribution in [2.75, 3.05) is 18.0 Å². The van der Waals surface area contributed by atoms with Gasteiger partial charge in [0.05, 0.1) is 13.2 Å². The van der Waals surface area contributed by atoms with Gasteiger partial charge in [-0.1, -0.05) is 39.0 Å². The molecule has 0 saturated carbocycles.